The second kappa shape index (κ2) is 6.02. The second-order valence-electron chi connectivity index (χ2n) is 5.54. The molecule has 1 amide bonds. The molecule has 22 heavy (non-hydrogen) atoms. The zero-order chi connectivity index (χ0) is 15.5. The van der Waals surface area contributed by atoms with Gasteiger partial charge in [0, 0.05) is 18.7 Å². The van der Waals surface area contributed by atoms with E-state index in [4.69, 9.17) is 0 Å². The smallest absolute Gasteiger partial charge is 0.226 e. The van der Waals surface area contributed by atoms with Gasteiger partial charge in [0.1, 0.15) is 0 Å². The number of aryl methyl sites for hydroxylation is 3. The lowest BCUT2D eigenvalue weighted by Gasteiger charge is -2.10. The number of carbonyl (C=O) groups is 1. The highest BCUT2D eigenvalue weighted by Gasteiger charge is 2.07. The fourth-order valence-corrected chi connectivity index (χ4v) is 2.49. The Morgan fingerprint density at radius 3 is 2.86 bits per heavy atom. The predicted molar refractivity (Wildman–Crippen MR) is 88.9 cm³/mol. The first-order valence-corrected chi connectivity index (χ1v) is 7.40. The highest BCUT2D eigenvalue weighted by molar-refractivity contribution is 5.91. The highest BCUT2D eigenvalue weighted by atomic mass is 16.1. The van der Waals surface area contributed by atoms with Crippen LogP contribution in [0.4, 0.5) is 5.69 Å². The number of hydrogen-bond acceptors (Lipinski definition) is 2. The lowest BCUT2D eigenvalue weighted by molar-refractivity contribution is -0.116. The largest absolute Gasteiger partial charge is 0.330 e. The summed E-state index contributed by atoms with van der Waals surface area (Å²) in [7, 11) is 0. The minimum Gasteiger partial charge on any atom is -0.330 e. The van der Waals surface area contributed by atoms with Gasteiger partial charge >= 0.3 is 0 Å². The molecule has 0 aliphatic carbocycles. The van der Waals surface area contributed by atoms with Crippen LogP contribution in [0.15, 0.2) is 48.8 Å². The number of anilines is 1. The van der Waals surface area contributed by atoms with E-state index in [0.29, 0.717) is 13.0 Å². The lowest BCUT2D eigenvalue weighted by Crippen LogP contribution is -2.15. The van der Waals surface area contributed by atoms with Crippen molar-refractivity contribution in [3.8, 4) is 0 Å². The van der Waals surface area contributed by atoms with Crippen molar-refractivity contribution in [3.05, 3.63) is 59.9 Å². The molecule has 4 nitrogen and oxygen atoms in total. The summed E-state index contributed by atoms with van der Waals surface area (Å²) in [4.78, 5) is 16.5. The maximum atomic E-state index is 12.2. The van der Waals surface area contributed by atoms with Crippen LogP contribution in [0.1, 0.15) is 17.5 Å². The van der Waals surface area contributed by atoms with Crippen LogP contribution >= 0.6 is 0 Å². The number of nitrogens with one attached hydrogen (secondary N) is 1. The molecular weight excluding hydrogens is 274 g/mol. The summed E-state index contributed by atoms with van der Waals surface area (Å²) >= 11 is 0. The summed E-state index contributed by atoms with van der Waals surface area (Å²) in [6.45, 7) is 4.64. The predicted octanol–water partition coefficient (Wildman–Crippen LogP) is 3.68. The summed E-state index contributed by atoms with van der Waals surface area (Å²) in [6, 6.07) is 14.0. The first-order valence-electron chi connectivity index (χ1n) is 7.40. The Morgan fingerprint density at radius 2 is 2.00 bits per heavy atom. The van der Waals surface area contributed by atoms with Crippen molar-refractivity contribution < 1.29 is 4.79 Å². The summed E-state index contributed by atoms with van der Waals surface area (Å²) in [5.41, 5.74) is 5.12. The molecule has 0 saturated heterocycles. The molecule has 0 saturated carbocycles. The van der Waals surface area contributed by atoms with Gasteiger partial charge in [0.05, 0.1) is 17.4 Å². The van der Waals surface area contributed by atoms with Gasteiger partial charge in [-0.2, -0.15) is 0 Å². The summed E-state index contributed by atoms with van der Waals surface area (Å²) in [6.07, 6.45) is 2.21. The van der Waals surface area contributed by atoms with Crippen LogP contribution in [-0.4, -0.2) is 15.5 Å². The first kappa shape index (κ1) is 14.3. The molecule has 112 valence electrons. The maximum Gasteiger partial charge on any atom is 0.226 e. The van der Waals surface area contributed by atoms with E-state index < -0.39 is 0 Å². The number of nitrogens with zero attached hydrogens (tertiary/aromatic N) is 2. The monoisotopic (exact) mass is 293 g/mol. The third kappa shape index (κ3) is 3.01. The highest BCUT2D eigenvalue weighted by Crippen LogP contribution is 2.17. The fraction of sp³-hybridized carbons (Fsp3) is 0.222. The molecule has 0 spiro atoms. The Labute approximate surface area is 129 Å². The van der Waals surface area contributed by atoms with E-state index in [2.05, 4.69) is 10.3 Å². The van der Waals surface area contributed by atoms with E-state index >= 15 is 0 Å². The normalized spacial score (nSPS) is 10.8. The third-order valence-corrected chi connectivity index (χ3v) is 3.77. The Balaban J connectivity index is 1.66. The van der Waals surface area contributed by atoms with Gasteiger partial charge in [-0.1, -0.05) is 24.3 Å². The molecule has 0 atom stereocenters. The van der Waals surface area contributed by atoms with Crippen molar-refractivity contribution in [3.63, 3.8) is 0 Å². The Kier molecular flexibility index (Phi) is 3.92. The summed E-state index contributed by atoms with van der Waals surface area (Å²) in [5.74, 6) is 0.0199. The molecule has 3 aromatic rings. The topological polar surface area (TPSA) is 46.9 Å². The van der Waals surface area contributed by atoms with Crippen LogP contribution in [-0.2, 0) is 11.3 Å². The van der Waals surface area contributed by atoms with Crippen LogP contribution in [0.5, 0.6) is 0 Å². The lowest BCUT2D eigenvalue weighted by atomic mass is 10.1. The van der Waals surface area contributed by atoms with Crippen LogP contribution in [0.3, 0.4) is 0 Å². The van der Waals surface area contributed by atoms with Crippen LogP contribution < -0.4 is 5.32 Å². The van der Waals surface area contributed by atoms with Crippen LogP contribution in [0, 0.1) is 13.8 Å². The van der Waals surface area contributed by atoms with Crippen molar-refractivity contribution in [2.75, 3.05) is 5.32 Å². The van der Waals surface area contributed by atoms with E-state index in [1.165, 1.54) is 0 Å². The van der Waals surface area contributed by atoms with Crippen molar-refractivity contribution in [1.82, 2.24) is 9.55 Å². The summed E-state index contributed by atoms with van der Waals surface area (Å²) in [5, 5.41) is 2.99. The Bertz CT molecular complexity index is 820. The van der Waals surface area contributed by atoms with Crippen molar-refractivity contribution in [2.45, 2.75) is 26.8 Å². The number of carbonyl (C=O) groups excluding carboxylic acids is 1. The number of amides is 1. The number of benzene rings is 2. The van der Waals surface area contributed by atoms with Gasteiger partial charge in [-0.25, -0.2) is 4.98 Å². The van der Waals surface area contributed by atoms with E-state index in [1.807, 2.05) is 60.9 Å². The molecule has 1 N–H and O–H groups in total. The molecule has 1 aromatic heterocycles. The van der Waals surface area contributed by atoms with E-state index in [9.17, 15) is 4.79 Å². The van der Waals surface area contributed by atoms with E-state index in [0.717, 1.165) is 27.8 Å². The minimum atomic E-state index is 0.0199. The summed E-state index contributed by atoms with van der Waals surface area (Å²) < 4.78 is 2.01. The number of rotatable bonds is 4. The molecule has 0 unspecified atom stereocenters. The van der Waals surface area contributed by atoms with Gasteiger partial charge < -0.3 is 9.88 Å². The van der Waals surface area contributed by atoms with Gasteiger partial charge in [-0.3, -0.25) is 4.79 Å². The third-order valence-electron chi connectivity index (χ3n) is 3.77. The van der Waals surface area contributed by atoms with Gasteiger partial charge in [-0.05, 0) is 43.2 Å². The van der Waals surface area contributed by atoms with Gasteiger partial charge in [-0.15, -0.1) is 0 Å². The number of fused-ring (bicyclic) bond motifs is 1. The van der Waals surface area contributed by atoms with E-state index in [1.54, 1.807) is 6.33 Å². The zero-order valence-electron chi connectivity index (χ0n) is 12.8. The second-order valence-corrected chi connectivity index (χ2v) is 5.54. The Hall–Kier alpha value is -2.62. The SMILES string of the molecule is Cc1ccc(C)c(NC(=O)CCn2cnc3ccccc32)c1. The van der Waals surface area contributed by atoms with Crippen LogP contribution in [0.2, 0.25) is 0 Å². The standard InChI is InChI=1S/C18H19N3O/c1-13-7-8-14(2)16(11-13)20-18(22)9-10-21-12-19-15-5-3-4-6-17(15)21/h3-8,11-12H,9-10H2,1-2H3,(H,20,22). The number of imidazole rings is 1. The van der Waals surface area contributed by atoms with Gasteiger partial charge in [0.25, 0.3) is 0 Å². The average Bonchev–Trinajstić information content (AvgIpc) is 2.92. The molecule has 0 aliphatic rings. The minimum absolute atomic E-state index is 0.0199. The average molecular weight is 293 g/mol. The van der Waals surface area contributed by atoms with Crippen molar-refractivity contribution >= 4 is 22.6 Å². The van der Waals surface area contributed by atoms with Gasteiger partial charge in [0.2, 0.25) is 5.91 Å². The molecule has 1 heterocycles. The van der Waals surface area contributed by atoms with Crippen molar-refractivity contribution in [2.24, 2.45) is 0 Å². The number of para-hydroxylation sites is 2. The maximum absolute atomic E-state index is 12.2. The molecule has 4 heteroatoms. The molecule has 3 rings (SSSR count). The molecule has 0 fully saturated rings. The molecule has 0 aliphatic heterocycles. The number of hydrogen-bond donors (Lipinski definition) is 1. The number of aromatic nitrogens is 2. The van der Waals surface area contributed by atoms with Gasteiger partial charge in [0.15, 0.2) is 0 Å². The first-order chi connectivity index (χ1) is 10.6. The van der Waals surface area contributed by atoms with E-state index in [-0.39, 0.29) is 5.91 Å². The Morgan fingerprint density at radius 1 is 1.18 bits per heavy atom. The molecule has 0 bridgehead atoms. The fourth-order valence-electron chi connectivity index (χ4n) is 2.49. The zero-order valence-corrected chi connectivity index (χ0v) is 12.8. The molecular formula is C18H19N3O. The van der Waals surface area contributed by atoms with Crippen molar-refractivity contribution in [1.29, 1.82) is 0 Å². The quantitative estimate of drug-likeness (QED) is 0.797. The van der Waals surface area contributed by atoms with Crippen LogP contribution in [0.25, 0.3) is 11.0 Å². The molecule has 0 radical (unpaired) electrons. The molecule has 2 aromatic carbocycles.